The smallest absolute Gasteiger partial charge is 0.306 e. The standard InChI is InChI=1S/C14H22O4/c1-2-8-6-11-9(12(7-8)14(17)18)4-3-5-10(11)13(15)16/h8-12H,2-7H2,1H3,(H,15,16)(H,17,18). The average Bonchev–Trinajstić information content (AvgIpc) is 2.36. The minimum atomic E-state index is -0.731. The molecule has 18 heavy (non-hydrogen) atoms. The normalized spacial score (nSPS) is 39.9. The van der Waals surface area contributed by atoms with Gasteiger partial charge in [-0.25, -0.2) is 0 Å². The molecule has 5 unspecified atom stereocenters. The molecule has 2 aliphatic carbocycles. The summed E-state index contributed by atoms with van der Waals surface area (Å²) in [6.45, 7) is 2.07. The number of aliphatic carboxylic acids is 2. The molecule has 0 bridgehead atoms. The molecule has 0 aromatic heterocycles. The van der Waals surface area contributed by atoms with E-state index >= 15 is 0 Å². The number of rotatable bonds is 3. The van der Waals surface area contributed by atoms with Gasteiger partial charge in [-0.1, -0.05) is 19.8 Å². The second-order valence-corrected chi connectivity index (χ2v) is 5.89. The van der Waals surface area contributed by atoms with Crippen molar-refractivity contribution in [3.05, 3.63) is 0 Å². The molecule has 2 rings (SSSR count). The maximum atomic E-state index is 11.4. The first-order valence-corrected chi connectivity index (χ1v) is 7.00. The van der Waals surface area contributed by atoms with E-state index in [1.807, 2.05) is 0 Å². The Morgan fingerprint density at radius 2 is 1.67 bits per heavy atom. The maximum absolute atomic E-state index is 11.4. The fraction of sp³-hybridized carbons (Fsp3) is 0.857. The number of carboxylic acids is 2. The van der Waals surface area contributed by atoms with Gasteiger partial charge in [-0.05, 0) is 43.4 Å². The molecule has 0 saturated heterocycles. The summed E-state index contributed by atoms with van der Waals surface area (Å²) in [5, 5.41) is 18.7. The van der Waals surface area contributed by atoms with Crippen molar-refractivity contribution in [3.63, 3.8) is 0 Å². The summed E-state index contributed by atoms with van der Waals surface area (Å²) >= 11 is 0. The third kappa shape index (κ3) is 2.38. The number of hydrogen-bond acceptors (Lipinski definition) is 2. The zero-order chi connectivity index (χ0) is 13.3. The van der Waals surface area contributed by atoms with E-state index in [9.17, 15) is 19.8 Å². The van der Waals surface area contributed by atoms with Crippen LogP contribution in [0.2, 0.25) is 0 Å². The van der Waals surface area contributed by atoms with E-state index in [0.717, 1.165) is 38.5 Å². The summed E-state index contributed by atoms with van der Waals surface area (Å²) in [5.41, 5.74) is 0. The highest BCUT2D eigenvalue weighted by atomic mass is 16.4. The molecular formula is C14H22O4. The Labute approximate surface area is 107 Å². The summed E-state index contributed by atoms with van der Waals surface area (Å²) in [5.74, 6) is -1.56. The highest BCUT2D eigenvalue weighted by Crippen LogP contribution is 2.49. The van der Waals surface area contributed by atoms with E-state index in [4.69, 9.17) is 0 Å². The minimum Gasteiger partial charge on any atom is -0.481 e. The SMILES string of the molecule is CCC1CC(C(=O)O)C2CCCC(C(=O)O)C2C1. The fourth-order valence-corrected chi connectivity index (χ4v) is 4.08. The highest BCUT2D eigenvalue weighted by Gasteiger charge is 2.47. The van der Waals surface area contributed by atoms with Crippen LogP contribution in [-0.2, 0) is 9.59 Å². The van der Waals surface area contributed by atoms with Crippen molar-refractivity contribution in [2.45, 2.75) is 45.4 Å². The molecule has 0 aromatic carbocycles. The number of carboxylic acid groups (broad SMARTS) is 2. The lowest BCUT2D eigenvalue weighted by Gasteiger charge is -2.45. The van der Waals surface area contributed by atoms with Crippen molar-refractivity contribution in [1.82, 2.24) is 0 Å². The molecule has 4 nitrogen and oxygen atoms in total. The van der Waals surface area contributed by atoms with Gasteiger partial charge in [0.15, 0.2) is 0 Å². The zero-order valence-electron chi connectivity index (χ0n) is 10.8. The molecule has 2 fully saturated rings. The average molecular weight is 254 g/mol. The van der Waals surface area contributed by atoms with Gasteiger partial charge >= 0.3 is 11.9 Å². The molecule has 0 radical (unpaired) electrons. The third-order valence-corrected chi connectivity index (χ3v) is 5.04. The van der Waals surface area contributed by atoms with Gasteiger partial charge in [0.1, 0.15) is 0 Å². The first-order chi connectivity index (χ1) is 8.54. The van der Waals surface area contributed by atoms with Crippen LogP contribution in [0.25, 0.3) is 0 Å². The molecule has 2 aliphatic rings. The Kier molecular flexibility index (Phi) is 3.93. The number of hydrogen-bond donors (Lipinski definition) is 2. The van der Waals surface area contributed by atoms with E-state index < -0.39 is 11.9 Å². The largest absolute Gasteiger partial charge is 0.481 e. The first-order valence-electron chi connectivity index (χ1n) is 7.00. The van der Waals surface area contributed by atoms with E-state index in [1.54, 1.807) is 0 Å². The molecule has 2 N–H and O–H groups in total. The molecular weight excluding hydrogens is 232 g/mol. The van der Waals surface area contributed by atoms with Gasteiger partial charge in [-0.2, -0.15) is 0 Å². The molecule has 2 saturated carbocycles. The van der Waals surface area contributed by atoms with Crippen LogP contribution in [0.1, 0.15) is 45.4 Å². The van der Waals surface area contributed by atoms with Gasteiger partial charge in [0, 0.05) is 0 Å². The van der Waals surface area contributed by atoms with E-state index in [-0.39, 0.29) is 23.7 Å². The summed E-state index contributed by atoms with van der Waals surface area (Å²) in [6, 6.07) is 0. The van der Waals surface area contributed by atoms with Crippen molar-refractivity contribution in [2.24, 2.45) is 29.6 Å². The lowest BCUT2D eigenvalue weighted by Crippen LogP contribution is -2.44. The van der Waals surface area contributed by atoms with Gasteiger partial charge in [0.05, 0.1) is 11.8 Å². The van der Waals surface area contributed by atoms with Crippen molar-refractivity contribution in [3.8, 4) is 0 Å². The van der Waals surface area contributed by atoms with Crippen molar-refractivity contribution >= 4 is 11.9 Å². The highest BCUT2D eigenvalue weighted by molar-refractivity contribution is 5.73. The summed E-state index contributed by atoms with van der Waals surface area (Å²) in [7, 11) is 0. The summed E-state index contributed by atoms with van der Waals surface area (Å²) < 4.78 is 0. The van der Waals surface area contributed by atoms with Crippen LogP contribution in [-0.4, -0.2) is 22.2 Å². The van der Waals surface area contributed by atoms with E-state index in [1.165, 1.54) is 0 Å². The van der Waals surface area contributed by atoms with E-state index in [2.05, 4.69) is 6.92 Å². The van der Waals surface area contributed by atoms with Crippen molar-refractivity contribution in [1.29, 1.82) is 0 Å². The minimum absolute atomic E-state index is 0.0797. The summed E-state index contributed by atoms with van der Waals surface area (Å²) in [6.07, 6.45) is 5.07. The fourth-order valence-electron chi connectivity index (χ4n) is 4.08. The molecule has 0 spiro atoms. The van der Waals surface area contributed by atoms with Gasteiger partial charge in [0.25, 0.3) is 0 Å². The molecule has 0 aromatic rings. The van der Waals surface area contributed by atoms with E-state index in [0.29, 0.717) is 5.92 Å². The number of fused-ring (bicyclic) bond motifs is 1. The van der Waals surface area contributed by atoms with Gasteiger partial charge in [0.2, 0.25) is 0 Å². The molecule has 0 amide bonds. The molecule has 4 heteroatoms. The zero-order valence-corrected chi connectivity index (χ0v) is 10.8. The van der Waals surface area contributed by atoms with Crippen LogP contribution >= 0.6 is 0 Å². The maximum Gasteiger partial charge on any atom is 0.306 e. The Balaban J connectivity index is 2.22. The Bertz CT molecular complexity index is 339. The van der Waals surface area contributed by atoms with Crippen LogP contribution < -0.4 is 0 Å². The molecule has 0 aliphatic heterocycles. The Morgan fingerprint density at radius 3 is 2.22 bits per heavy atom. The quantitative estimate of drug-likeness (QED) is 0.811. The molecule has 5 atom stereocenters. The van der Waals surface area contributed by atoms with Gasteiger partial charge in [-0.15, -0.1) is 0 Å². The second kappa shape index (κ2) is 5.29. The predicted molar refractivity (Wildman–Crippen MR) is 66.1 cm³/mol. The molecule has 0 heterocycles. The topological polar surface area (TPSA) is 74.6 Å². The van der Waals surface area contributed by atoms with Crippen LogP contribution in [0.5, 0.6) is 0 Å². The van der Waals surface area contributed by atoms with Gasteiger partial charge < -0.3 is 10.2 Å². The van der Waals surface area contributed by atoms with Crippen LogP contribution in [0.15, 0.2) is 0 Å². The van der Waals surface area contributed by atoms with Gasteiger partial charge in [-0.3, -0.25) is 9.59 Å². The lowest BCUT2D eigenvalue weighted by molar-refractivity contribution is -0.156. The van der Waals surface area contributed by atoms with Crippen molar-refractivity contribution in [2.75, 3.05) is 0 Å². The van der Waals surface area contributed by atoms with Crippen molar-refractivity contribution < 1.29 is 19.8 Å². The molecule has 102 valence electrons. The Hall–Kier alpha value is -1.06. The van der Waals surface area contributed by atoms with Crippen LogP contribution in [0, 0.1) is 29.6 Å². The first kappa shape index (κ1) is 13.4. The predicted octanol–water partition coefficient (Wildman–Crippen LogP) is 2.62. The second-order valence-electron chi connectivity index (χ2n) is 5.89. The lowest BCUT2D eigenvalue weighted by atomic mass is 9.58. The summed E-state index contributed by atoms with van der Waals surface area (Å²) in [4.78, 5) is 22.7. The van der Waals surface area contributed by atoms with Crippen LogP contribution in [0.4, 0.5) is 0 Å². The Morgan fingerprint density at radius 1 is 1.00 bits per heavy atom. The monoisotopic (exact) mass is 254 g/mol. The van der Waals surface area contributed by atoms with Crippen LogP contribution in [0.3, 0.4) is 0 Å². The number of carbonyl (C=O) groups is 2. The third-order valence-electron chi connectivity index (χ3n) is 5.04.